The van der Waals surface area contributed by atoms with Gasteiger partial charge in [-0.05, 0) is 30.6 Å². The maximum Gasteiger partial charge on any atom is 0.121 e. The Morgan fingerprint density at radius 2 is 1.81 bits per heavy atom. The van der Waals surface area contributed by atoms with Gasteiger partial charge in [-0.25, -0.2) is 0 Å². The smallest absolute Gasteiger partial charge is 0.121 e. The number of rotatable bonds is 4. The second-order valence-electron chi connectivity index (χ2n) is 5.64. The standard InChI is InChI=1S/C16H23N3O.B/c1-17-7-9-19(10-8-17)11-12-20-15-4-3-14-5-6-18(2)16(14)13-15;/h3-6,13H,7-12H2,1-2H3;. The maximum atomic E-state index is 5.90. The molecule has 2 aromatic rings. The van der Waals surface area contributed by atoms with E-state index in [0.29, 0.717) is 0 Å². The molecule has 3 radical (unpaired) electrons. The first-order valence-electron chi connectivity index (χ1n) is 7.31. The van der Waals surface area contributed by atoms with Gasteiger partial charge in [-0.15, -0.1) is 0 Å². The average Bonchev–Trinajstić information content (AvgIpc) is 2.83. The van der Waals surface area contributed by atoms with Gasteiger partial charge in [0.05, 0.1) is 5.52 Å². The molecule has 0 spiro atoms. The molecule has 3 rings (SSSR count). The van der Waals surface area contributed by atoms with Gasteiger partial charge in [0.1, 0.15) is 12.4 Å². The fourth-order valence-electron chi connectivity index (χ4n) is 2.70. The van der Waals surface area contributed by atoms with Crippen molar-refractivity contribution in [2.24, 2.45) is 7.05 Å². The number of piperazine rings is 1. The Bertz CT molecular complexity index is 576. The zero-order valence-electron chi connectivity index (χ0n) is 13.0. The number of hydrogen-bond donors (Lipinski definition) is 0. The molecule has 1 saturated heterocycles. The summed E-state index contributed by atoms with van der Waals surface area (Å²) >= 11 is 0. The van der Waals surface area contributed by atoms with Gasteiger partial charge in [-0.1, -0.05) is 0 Å². The van der Waals surface area contributed by atoms with Crippen molar-refractivity contribution in [1.82, 2.24) is 14.4 Å². The second-order valence-corrected chi connectivity index (χ2v) is 5.64. The van der Waals surface area contributed by atoms with Crippen LogP contribution in [0.15, 0.2) is 30.5 Å². The van der Waals surface area contributed by atoms with Crippen molar-refractivity contribution in [2.75, 3.05) is 46.4 Å². The van der Waals surface area contributed by atoms with E-state index >= 15 is 0 Å². The van der Waals surface area contributed by atoms with Crippen LogP contribution in [-0.4, -0.2) is 69.2 Å². The number of fused-ring (bicyclic) bond motifs is 1. The van der Waals surface area contributed by atoms with Crippen molar-refractivity contribution in [3.05, 3.63) is 30.5 Å². The number of ether oxygens (including phenoxy) is 1. The van der Waals surface area contributed by atoms with E-state index in [1.165, 1.54) is 10.9 Å². The number of aryl methyl sites for hydroxylation is 1. The fourth-order valence-corrected chi connectivity index (χ4v) is 2.70. The lowest BCUT2D eigenvalue weighted by Gasteiger charge is -2.32. The van der Waals surface area contributed by atoms with Gasteiger partial charge in [0.25, 0.3) is 0 Å². The lowest BCUT2D eigenvalue weighted by atomic mass is 10.2. The molecule has 111 valence electrons. The van der Waals surface area contributed by atoms with Gasteiger partial charge in [0.2, 0.25) is 0 Å². The van der Waals surface area contributed by atoms with E-state index in [1.54, 1.807) is 0 Å². The number of likely N-dealkylation sites (N-methyl/N-ethyl adjacent to an activating group) is 1. The molecule has 0 saturated carbocycles. The Morgan fingerprint density at radius 1 is 1.05 bits per heavy atom. The van der Waals surface area contributed by atoms with Crippen molar-refractivity contribution < 1.29 is 4.74 Å². The molecule has 1 fully saturated rings. The third-order valence-corrected chi connectivity index (χ3v) is 4.13. The number of hydrogen-bond acceptors (Lipinski definition) is 3. The summed E-state index contributed by atoms with van der Waals surface area (Å²) in [4.78, 5) is 4.85. The van der Waals surface area contributed by atoms with E-state index in [9.17, 15) is 0 Å². The van der Waals surface area contributed by atoms with Gasteiger partial charge in [-0.3, -0.25) is 4.90 Å². The molecule has 2 heterocycles. The molecule has 1 aliphatic heterocycles. The summed E-state index contributed by atoms with van der Waals surface area (Å²) in [6.45, 7) is 6.40. The zero-order chi connectivity index (χ0) is 13.9. The van der Waals surface area contributed by atoms with Crippen LogP contribution in [0.4, 0.5) is 0 Å². The third kappa shape index (κ3) is 3.80. The minimum absolute atomic E-state index is 0. The molecule has 1 aromatic carbocycles. The van der Waals surface area contributed by atoms with E-state index < -0.39 is 0 Å². The van der Waals surface area contributed by atoms with Crippen LogP contribution in [0.3, 0.4) is 0 Å². The Labute approximate surface area is 128 Å². The molecule has 21 heavy (non-hydrogen) atoms. The summed E-state index contributed by atoms with van der Waals surface area (Å²) in [5, 5.41) is 1.26. The fraction of sp³-hybridized carbons (Fsp3) is 0.500. The number of benzene rings is 1. The Morgan fingerprint density at radius 3 is 2.57 bits per heavy atom. The third-order valence-electron chi connectivity index (χ3n) is 4.13. The Hall–Kier alpha value is -1.46. The monoisotopic (exact) mass is 284 g/mol. The molecule has 4 nitrogen and oxygen atoms in total. The highest BCUT2D eigenvalue weighted by atomic mass is 16.5. The molecule has 5 heteroatoms. The van der Waals surface area contributed by atoms with Gasteiger partial charge in [-0.2, -0.15) is 0 Å². The summed E-state index contributed by atoms with van der Waals surface area (Å²) in [5.74, 6) is 0.966. The lowest BCUT2D eigenvalue weighted by molar-refractivity contribution is 0.134. The van der Waals surface area contributed by atoms with Crippen LogP contribution < -0.4 is 4.74 Å². The molecular formula is C16H23BN3O. The predicted octanol–water partition coefficient (Wildman–Crippen LogP) is 1.42. The van der Waals surface area contributed by atoms with Gasteiger partial charge >= 0.3 is 0 Å². The summed E-state index contributed by atoms with van der Waals surface area (Å²) in [6.07, 6.45) is 2.08. The van der Waals surface area contributed by atoms with Gasteiger partial charge < -0.3 is 14.2 Å². The van der Waals surface area contributed by atoms with Crippen LogP contribution in [0.5, 0.6) is 5.75 Å². The van der Waals surface area contributed by atoms with Crippen LogP contribution >= 0.6 is 0 Å². The van der Waals surface area contributed by atoms with Crippen molar-refractivity contribution in [2.45, 2.75) is 0 Å². The van der Waals surface area contributed by atoms with E-state index in [1.807, 2.05) is 0 Å². The molecule has 0 bridgehead atoms. The highest BCUT2D eigenvalue weighted by molar-refractivity contribution is 5.81. The predicted molar refractivity (Wildman–Crippen MR) is 88.1 cm³/mol. The SMILES string of the molecule is CN1CCN(CCOc2ccc3ccn(C)c3c2)CC1.[B]. The highest BCUT2D eigenvalue weighted by Gasteiger charge is 2.13. The van der Waals surface area contributed by atoms with Crippen LogP contribution in [-0.2, 0) is 7.05 Å². The largest absolute Gasteiger partial charge is 0.492 e. The lowest BCUT2D eigenvalue weighted by Crippen LogP contribution is -2.45. The summed E-state index contributed by atoms with van der Waals surface area (Å²) in [6, 6.07) is 8.44. The maximum absolute atomic E-state index is 5.90. The first kappa shape index (κ1) is 15.9. The first-order chi connectivity index (χ1) is 9.72. The van der Waals surface area contributed by atoms with Crippen LogP contribution in [0.2, 0.25) is 0 Å². The minimum Gasteiger partial charge on any atom is -0.492 e. The van der Waals surface area contributed by atoms with Crippen molar-refractivity contribution >= 4 is 19.3 Å². The quantitative estimate of drug-likeness (QED) is 0.792. The number of nitrogens with zero attached hydrogens (tertiary/aromatic N) is 3. The van der Waals surface area contributed by atoms with E-state index in [0.717, 1.165) is 45.1 Å². The van der Waals surface area contributed by atoms with E-state index in [4.69, 9.17) is 4.74 Å². The summed E-state index contributed by atoms with van der Waals surface area (Å²) in [5.41, 5.74) is 1.22. The molecule has 0 aliphatic carbocycles. The van der Waals surface area contributed by atoms with Gasteiger partial charge in [0.15, 0.2) is 0 Å². The first-order valence-corrected chi connectivity index (χ1v) is 7.31. The molecule has 0 unspecified atom stereocenters. The van der Waals surface area contributed by atoms with E-state index in [-0.39, 0.29) is 8.41 Å². The topological polar surface area (TPSA) is 20.6 Å². The number of aromatic nitrogens is 1. The summed E-state index contributed by atoms with van der Waals surface area (Å²) < 4.78 is 8.03. The highest BCUT2D eigenvalue weighted by Crippen LogP contribution is 2.21. The zero-order valence-corrected chi connectivity index (χ0v) is 13.0. The molecule has 0 atom stereocenters. The van der Waals surface area contributed by atoms with Crippen molar-refractivity contribution in [1.29, 1.82) is 0 Å². The molecular weight excluding hydrogens is 261 g/mol. The molecule has 0 N–H and O–H groups in total. The van der Waals surface area contributed by atoms with Crippen molar-refractivity contribution in [3.8, 4) is 5.75 Å². The Kier molecular flexibility index (Phi) is 5.31. The van der Waals surface area contributed by atoms with Crippen LogP contribution in [0.25, 0.3) is 10.9 Å². The molecule has 1 aliphatic rings. The Balaban J connectivity index is 0.00000161. The van der Waals surface area contributed by atoms with Crippen LogP contribution in [0.1, 0.15) is 0 Å². The second kappa shape index (κ2) is 7.01. The molecule has 0 amide bonds. The normalized spacial score (nSPS) is 16.9. The average molecular weight is 284 g/mol. The van der Waals surface area contributed by atoms with Gasteiger partial charge in [0, 0.05) is 60.4 Å². The van der Waals surface area contributed by atoms with Crippen molar-refractivity contribution in [3.63, 3.8) is 0 Å². The minimum atomic E-state index is 0. The van der Waals surface area contributed by atoms with Crippen LogP contribution in [0, 0.1) is 0 Å². The van der Waals surface area contributed by atoms with E-state index in [2.05, 4.69) is 58.9 Å². The molecule has 1 aromatic heterocycles. The summed E-state index contributed by atoms with van der Waals surface area (Å²) in [7, 11) is 4.25.